The molecule has 0 saturated carbocycles. The predicted molar refractivity (Wildman–Crippen MR) is 67.8 cm³/mol. The van der Waals surface area contributed by atoms with Crippen LogP contribution < -0.4 is 5.32 Å². The van der Waals surface area contributed by atoms with Crippen molar-refractivity contribution in [1.82, 2.24) is 9.78 Å². The van der Waals surface area contributed by atoms with Crippen molar-refractivity contribution in [2.24, 2.45) is 5.92 Å². The third kappa shape index (κ3) is 2.68. The molecule has 0 aliphatic carbocycles. The third-order valence-electron chi connectivity index (χ3n) is 3.20. The molecule has 1 aliphatic heterocycles. The highest BCUT2D eigenvalue weighted by Gasteiger charge is 2.18. The normalized spacial score (nSPS) is 18.6. The first-order valence-electron chi connectivity index (χ1n) is 6.26. The number of aromatic nitrogens is 2. The topological polar surface area (TPSA) is 69.3 Å². The van der Waals surface area contributed by atoms with E-state index in [2.05, 4.69) is 10.4 Å². The van der Waals surface area contributed by atoms with Gasteiger partial charge in [-0.15, -0.1) is 0 Å². The summed E-state index contributed by atoms with van der Waals surface area (Å²) in [6, 6.07) is 3.41. The van der Waals surface area contributed by atoms with Crippen LogP contribution >= 0.6 is 0 Å². The minimum absolute atomic E-state index is 0.196. The Bertz CT molecular complexity index is 541. The van der Waals surface area contributed by atoms with Gasteiger partial charge in [-0.2, -0.15) is 5.10 Å². The van der Waals surface area contributed by atoms with Crippen molar-refractivity contribution in [1.29, 1.82) is 0 Å². The quantitative estimate of drug-likeness (QED) is 0.910. The second kappa shape index (κ2) is 5.27. The summed E-state index contributed by atoms with van der Waals surface area (Å²) in [7, 11) is 0. The standard InChI is InChI=1S/C13H15N3O3/c17-13(11-3-6-19-9-11)15-12-1-4-14-16(12)7-10-2-5-18-8-10/h1,3-4,6,9-10H,2,5,7-8H2,(H,15,17)/t10-/m1/s1. The summed E-state index contributed by atoms with van der Waals surface area (Å²) < 4.78 is 12.0. The van der Waals surface area contributed by atoms with Crippen LogP contribution in [0.4, 0.5) is 5.82 Å². The van der Waals surface area contributed by atoms with E-state index in [0.29, 0.717) is 17.3 Å². The van der Waals surface area contributed by atoms with E-state index < -0.39 is 0 Å². The van der Waals surface area contributed by atoms with E-state index in [-0.39, 0.29) is 5.91 Å². The second-order valence-electron chi connectivity index (χ2n) is 4.59. The minimum Gasteiger partial charge on any atom is -0.472 e. The molecule has 19 heavy (non-hydrogen) atoms. The Hall–Kier alpha value is -2.08. The summed E-state index contributed by atoms with van der Waals surface area (Å²) >= 11 is 0. The zero-order valence-corrected chi connectivity index (χ0v) is 10.4. The fourth-order valence-electron chi connectivity index (χ4n) is 2.14. The molecule has 0 radical (unpaired) electrons. The van der Waals surface area contributed by atoms with Gasteiger partial charge in [0.05, 0.1) is 24.6 Å². The molecular weight excluding hydrogens is 246 g/mol. The Morgan fingerprint density at radius 3 is 3.21 bits per heavy atom. The van der Waals surface area contributed by atoms with Gasteiger partial charge in [0.2, 0.25) is 0 Å². The van der Waals surface area contributed by atoms with Gasteiger partial charge in [-0.25, -0.2) is 4.68 Å². The largest absolute Gasteiger partial charge is 0.472 e. The van der Waals surface area contributed by atoms with Crippen molar-refractivity contribution < 1.29 is 13.9 Å². The minimum atomic E-state index is -0.196. The molecule has 3 heterocycles. The van der Waals surface area contributed by atoms with Crippen molar-refractivity contribution in [3.8, 4) is 0 Å². The Balaban J connectivity index is 1.68. The maximum atomic E-state index is 11.9. The number of carbonyl (C=O) groups is 1. The van der Waals surface area contributed by atoms with Crippen molar-refractivity contribution in [3.63, 3.8) is 0 Å². The van der Waals surface area contributed by atoms with Crippen molar-refractivity contribution in [3.05, 3.63) is 36.4 Å². The highest BCUT2D eigenvalue weighted by Crippen LogP contribution is 2.17. The van der Waals surface area contributed by atoms with E-state index in [1.54, 1.807) is 23.0 Å². The first kappa shape index (κ1) is 12.0. The maximum Gasteiger partial charge on any atom is 0.260 e. The molecule has 3 rings (SSSR count). The lowest BCUT2D eigenvalue weighted by Crippen LogP contribution is -2.18. The Morgan fingerprint density at radius 2 is 2.47 bits per heavy atom. The zero-order valence-electron chi connectivity index (χ0n) is 10.4. The molecule has 6 nitrogen and oxygen atoms in total. The van der Waals surface area contributed by atoms with Crippen LogP contribution in [0.5, 0.6) is 0 Å². The molecule has 100 valence electrons. The van der Waals surface area contributed by atoms with E-state index in [0.717, 1.165) is 26.2 Å². The van der Waals surface area contributed by atoms with Crippen molar-refractivity contribution >= 4 is 11.7 Å². The number of carbonyl (C=O) groups excluding carboxylic acids is 1. The molecule has 2 aromatic rings. The molecule has 1 atom stereocenters. The molecule has 0 unspecified atom stereocenters. The number of amides is 1. The lowest BCUT2D eigenvalue weighted by molar-refractivity contribution is 0.102. The summed E-state index contributed by atoms with van der Waals surface area (Å²) in [6.07, 6.45) is 5.61. The van der Waals surface area contributed by atoms with Gasteiger partial charge >= 0.3 is 0 Å². The van der Waals surface area contributed by atoms with Crippen LogP contribution in [-0.2, 0) is 11.3 Å². The Labute approximate surface area is 110 Å². The van der Waals surface area contributed by atoms with E-state index in [1.165, 1.54) is 12.5 Å². The first-order valence-corrected chi connectivity index (χ1v) is 6.26. The van der Waals surface area contributed by atoms with E-state index >= 15 is 0 Å². The van der Waals surface area contributed by atoms with Crippen LogP contribution in [0.3, 0.4) is 0 Å². The number of rotatable bonds is 4. The molecular formula is C13H15N3O3. The lowest BCUT2D eigenvalue weighted by Gasteiger charge is -2.11. The van der Waals surface area contributed by atoms with Crippen LogP contribution in [0, 0.1) is 5.92 Å². The first-order chi connectivity index (χ1) is 9.33. The molecule has 6 heteroatoms. The molecule has 0 aromatic carbocycles. The van der Waals surface area contributed by atoms with Crippen molar-refractivity contribution in [2.75, 3.05) is 18.5 Å². The summed E-state index contributed by atoms with van der Waals surface area (Å²) in [4.78, 5) is 11.9. The van der Waals surface area contributed by atoms with Gasteiger partial charge in [0.15, 0.2) is 0 Å². The lowest BCUT2D eigenvalue weighted by atomic mass is 10.1. The molecule has 2 aromatic heterocycles. The number of ether oxygens (including phenoxy) is 1. The maximum absolute atomic E-state index is 11.9. The molecule has 1 fully saturated rings. The van der Waals surface area contributed by atoms with Gasteiger partial charge < -0.3 is 14.5 Å². The van der Waals surface area contributed by atoms with E-state index in [1.807, 2.05) is 0 Å². The van der Waals surface area contributed by atoms with Gasteiger partial charge in [-0.05, 0) is 12.5 Å². The fourth-order valence-corrected chi connectivity index (χ4v) is 2.14. The number of anilines is 1. The van der Waals surface area contributed by atoms with Gasteiger partial charge in [-0.1, -0.05) is 0 Å². The molecule has 1 amide bonds. The summed E-state index contributed by atoms with van der Waals surface area (Å²) in [6.45, 7) is 2.33. The summed E-state index contributed by atoms with van der Waals surface area (Å²) in [5.74, 6) is 0.959. The van der Waals surface area contributed by atoms with Crippen molar-refractivity contribution in [2.45, 2.75) is 13.0 Å². The van der Waals surface area contributed by atoms with Crippen LogP contribution in [0.25, 0.3) is 0 Å². The SMILES string of the molecule is O=C(Nc1ccnn1C[C@H]1CCOC1)c1ccoc1. The number of nitrogens with zero attached hydrogens (tertiary/aromatic N) is 2. The Morgan fingerprint density at radius 1 is 1.53 bits per heavy atom. The van der Waals surface area contributed by atoms with Crippen LogP contribution in [0.2, 0.25) is 0 Å². The highest BCUT2D eigenvalue weighted by molar-refractivity contribution is 6.03. The number of hydrogen-bond acceptors (Lipinski definition) is 4. The van der Waals surface area contributed by atoms with Crippen LogP contribution in [0.1, 0.15) is 16.8 Å². The number of furan rings is 1. The van der Waals surface area contributed by atoms with Crippen LogP contribution in [0.15, 0.2) is 35.3 Å². The molecule has 0 bridgehead atoms. The van der Waals surface area contributed by atoms with E-state index in [9.17, 15) is 4.79 Å². The molecule has 1 saturated heterocycles. The van der Waals surface area contributed by atoms with Crippen LogP contribution in [-0.4, -0.2) is 28.9 Å². The highest BCUT2D eigenvalue weighted by atomic mass is 16.5. The average molecular weight is 261 g/mol. The third-order valence-corrected chi connectivity index (χ3v) is 3.20. The Kier molecular flexibility index (Phi) is 3.33. The average Bonchev–Trinajstić information content (AvgIpc) is 3.12. The monoisotopic (exact) mass is 261 g/mol. The van der Waals surface area contributed by atoms with Gasteiger partial charge in [-0.3, -0.25) is 4.79 Å². The smallest absolute Gasteiger partial charge is 0.260 e. The van der Waals surface area contributed by atoms with Gasteiger partial charge in [0.1, 0.15) is 12.1 Å². The number of nitrogens with one attached hydrogen (secondary N) is 1. The number of hydrogen-bond donors (Lipinski definition) is 1. The second-order valence-corrected chi connectivity index (χ2v) is 4.59. The van der Waals surface area contributed by atoms with Gasteiger partial charge in [0.25, 0.3) is 5.91 Å². The summed E-state index contributed by atoms with van der Waals surface area (Å²) in [5.41, 5.74) is 0.497. The zero-order chi connectivity index (χ0) is 13.1. The molecule has 1 aliphatic rings. The molecule has 1 N–H and O–H groups in total. The fraction of sp³-hybridized carbons (Fsp3) is 0.385. The summed E-state index contributed by atoms with van der Waals surface area (Å²) in [5, 5.41) is 7.06. The predicted octanol–water partition coefficient (Wildman–Crippen LogP) is 1.76. The molecule has 0 spiro atoms. The van der Waals surface area contributed by atoms with E-state index in [4.69, 9.17) is 9.15 Å². The van der Waals surface area contributed by atoms with Gasteiger partial charge in [0, 0.05) is 25.1 Å².